The number of amides is 1. The number of benzene rings is 1. The van der Waals surface area contributed by atoms with Crippen molar-refractivity contribution in [3.05, 3.63) is 24.3 Å². The smallest absolute Gasteiger partial charge is 0.320 e. The summed E-state index contributed by atoms with van der Waals surface area (Å²) >= 11 is -1.15. The van der Waals surface area contributed by atoms with Gasteiger partial charge in [-0.3, -0.25) is 9.59 Å². The zero-order valence-corrected chi connectivity index (χ0v) is 15.1. The Kier molecular flexibility index (Phi) is 7.16. The van der Waals surface area contributed by atoms with Gasteiger partial charge >= 0.3 is 41.9 Å². The lowest BCUT2D eigenvalue weighted by atomic mass is 10.1. The third kappa shape index (κ3) is 4.73. The molecule has 182 valence electrons. The van der Waals surface area contributed by atoms with Gasteiger partial charge in [0.2, 0.25) is 0 Å². The third-order valence-corrected chi connectivity index (χ3v) is 4.40. The average molecular weight is 517 g/mol. The van der Waals surface area contributed by atoms with Crippen LogP contribution in [0.15, 0.2) is 29.2 Å². The first-order chi connectivity index (χ1) is 14.0. The van der Waals surface area contributed by atoms with E-state index in [0.717, 1.165) is 17.4 Å². The Morgan fingerprint density at radius 1 is 0.656 bits per heavy atom. The number of rotatable bonds is 6. The summed E-state index contributed by atoms with van der Waals surface area (Å²) in [4.78, 5) is 21.4. The average Bonchev–Trinajstić information content (AvgIpc) is 2.60. The number of nitrogens with one attached hydrogen (secondary N) is 1. The van der Waals surface area contributed by atoms with Crippen LogP contribution >= 0.6 is 11.8 Å². The van der Waals surface area contributed by atoms with Crippen molar-refractivity contribution in [1.82, 2.24) is 0 Å². The van der Waals surface area contributed by atoms with Crippen LogP contribution in [0.5, 0.6) is 0 Å². The highest BCUT2D eigenvalue weighted by Crippen LogP contribution is 2.50. The van der Waals surface area contributed by atoms with Crippen LogP contribution in [0.2, 0.25) is 0 Å². The van der Waals surface area contributed by atoms with E-state index in [4.69, 9.17) is 0 Å². The minimum absolute atomic E-state index is 0.370. The number of para-hydroxylation sites is 1. The van der Waals surface area contributed by atoms with Gasteiger partial charge in [0, 0.05) is 4.90 Å². The monoisotopic (exact) mass is 517 g/mol. The maximum atomic E-state index is 13.4. The van der Waals surface area contributed by atoms with Gasteiger partial charge in [0.15, 0.2) is 0 Å². The lowest BCUT2D eigenvalue weighted by molar-refractivity contribution is -0.343. The van der Waals surface area contributed by atoms with E-state index >= 15 is 0 Å². The molecule has 32 heavy (non-hydrogen) atoms. The van der Waals surface area contributed by atoms with Crippen LogP contribution in [0.4, 0.5) is 67.2 Å². The van der Waals surface area contributed by atoms with E-state index in [-0.39, 0.29) is 0 Å². The molecular formula is C14H5F14NO2S. The molecule has 1 amide bonds. The zero-order valence-electron chi connectivity index (χ0n) is 14.3. The fourth-order valence-electron chi connectivity index (χ4n) is 1.65. The van der Waals surface area contributed by atoms with E-state index in [9.17, 15) is 71.1 Å². The molecule has 0 radical (unpaired) electrons. The fraction of sp³-hybridized carbons (Fsp3) is 0.429. The van der Waals surface area contributed by atoms with Crippen molar-refractivity contribution >= 4 is 28.5 Å². The summed E-state index contributed by atoms with van der Waals surface area (Å²) < 4.78 is 178. The first-order valence-electron chi connectivity index (χ1n) is 7.29. The molecule has 0 spiro atoms. The Labute approximate surface area is 171 Å². The predicted molar refractivity (Wildman–Crippen MR) is 77.8 cm³/mol. The second-order valence-electron chi connectivity index (χ2n) is 5.63. The number of hydrogen-bond donors (Lipinski definition) is 1. The van der Waals surface area contributed by atoms with Gasteiger partial charge in [0.1, 0.15) is 0 Å². The molecule has 0 bridgehead atoms. The number of alkyl halides is 14. The Morgan fingerprint density at radius 2 is 1.06 bits per heavy atom. The molecule has 18 heteroatoms. The molecule has 1 N–H and O–H groups in total. The summed E-state index contributed by atoms with van der Waals surface area (Å²) in [6, 6.07) is 2.25. The first kappa shape index (κ1) is 27.8. The largest absolute Gasteiger partial charge is 0.460 e. The summed E-state index contributed by atoms with van der Waals surface area (Å²) in [7, 11) is 0. The SMILES string of the molecule is O=C(Nc1ccccc1SC(=O)C(F)(F)C(F)(F)C(F)(F)F)C(F)(F)C(F)(F)C(F)(F)F. The molecule has 0 atom stereocenters. The number of carbonyl (C=O) groups excluding carboxylic acids is 2. The van der Waals surface area contributed by atoms with E-state index in [0.29, 0.717) is 12.1 Å². The molecule has 1 aromatic rings. The minimum atomic E-state index is -6.93. The van der Waals surface area contributed by atoms with E-state index in [1.54, 1.807) is 0 Å². The molecule has 3 nitrogen and oxygen atoms in total. The van der Waals surface area contributed by atoms with Crippen molar-refractivity contribution in [2.75, 3.05) is 5.32 Å². The van der Waals surface area contributed by atoms with Gasteiger partial charge in [-0.25, -0.2) is 0 Å². The summed E-state index contributed by atoms with van der Waals surface area (Å²) in [5.74, 6) is -30.1. The predicted octanol–water partition coefficient (Wildman–Crippen LogP) is 5.91. The molecule has 0 heterocycles. The van der Waals surface area contributed by atoms with Crippen molar-refractivity contribution in [1.29, 1.82) is 0 Å². The second kappa shape index (κ2) is 8.26. The maximum Gasteiger partial charge on any atom is 0.460 e. The highest BCUT2D eigenvalue weighted by molar-refractivity contribution is 8.14. The number of halogens is 14. The maximum absolute atomic E-state index is 13.4. The molecule has 0 aliphatic carbocycles. The molecule has 0 saturated heterocycles. The highest BCUT2D eigenvalue weighted by atomic mass is 32.2. The Morgan fingerprint density at radius 3 is 1.50 bits per heavy atom. The quantitative estimate of drug-likeness (QED) is 0.377. The number of hydrogen-bond acceptors (Lipinski definition) is 3. The topological polar surface area (TPSA) is 46.2 Å². The van der Waals surface area contributed by atoms with Crippen molar-refractivity contribution in [2.24, 2.45) is 0 Å². The molecule has 0 aromatic heterocycles. The Balaban J connectivity index is 3.25. The molecule has 0 fully saturated rings. The molecule has 0 aliphatic heterocycles. The van der Waals surface area contributed by atoms with Crippen LogP contribution < -0.4 is 5.32 Å². The zero-order chi connectivity index (χ0) is 25.6. The van der Waals surface area contributed by atoms with E-state index in [2.05, 4.69) is 0 Å². The minimum Gasteiger partial charge on any atom is -0.320 e. The summed E-state index contributed by atoms with van der Waals surface area (Å²) in [6.45, 7) is 0. The standard InChI is InChI=1S/C14H5F14NO2S/c15-9(16,11(19,20)13(23,24)25)7(30)29-5-3-1-2-4-6(5)32-8(31)10(17,18)12(21,22)14(26,27)28/h1-4H,(H,29,30). The van der Waals surface area contributed by atoms with Crippen molar-refractivity contribution < 1.29 is 71.1 Å². The molecule has 1 aromatic carbocycles. The second-order valence-corrected chi connectivity index (χ2v) is 6.65. The van der Waals surface area contributed by atoms with Crippen LogP contribution in [-0.2, 0) is 9.59 Å². The summed E-state index contributed by atoms with van der Waals surface area (Å²) in [5.41, 5.74) is -1.35. The van der Waals surface area contributed by atoms with Crippen LogP contribution in [0.1, 0.15) is 0 Å². The first-order valence-corrected chi connectivity index (χ1v) is 8.11. The van der Waals surface area contributed by atoms with Crippen LogP contribution in [0.3, 0.4) is 0 Å². The van der Waals surface area contributed by atoms with Gasteiger partial charge in [-0.15, -0.1) is 0 Å². The van der Waals surface area contributed by atoms with Crippen LogP contribution in [0, 0.1) is 0 Å². The number of anilines is 1. The molecule has 1 rings (SSSR count). The molecule has 0 aliphatic rings. The normalized spacial score (nSPS) is 14.3. The van der Waals surface area contributed by atoms with Gasteiger partial charge in [-0.1, -0.05) is 12.1 Å². The van der Waals surface area contributed by atoms with Gasteiger partial charge in [-0.05, 0) is 23.9 Å². The van der Waals surface area contributed by atoms with Crippen molar-refractivity contribution in [3.63, 3.8) is 0 Å². The van der Waals surface area contributed by atoms with Crippen LogP contribution in [-0.4, -0.2) is 47.1 Å². The third-order valence-electron chi connectivity index (χ3n) is 3.38. The molecule has 0 unspecified atom stereocenters. The number of carbonyl (C=O) groups is 2. The lowest BCUT2D eigenvalue weighted by Crippen LogP contribution is -2.57. The Bertz CT molecular complexity index is 806. The van der Waals surface area contributed by atoms with Crippen LogP contribution in [0.25, 0.3) is 0 Å². The Hall–Kier alpha value is -2.27. The van der Waals surface area contributed by atoms with Crippen molar-refractivity contribution in [3.8, 4) is 0 Å². The molecule has 0 saturated carbocycles. The summed E-state index contributed by atoms with van der Waals surface area (Å²) in [5, 5.41) is -2.46. The molecular weight excluding hydrogens is 512 g/mol. The van der Waals surface area contributed by atoms with E-state index < -0.39 is 69.4 Å². The van der Waals surface area contributed by atoms with E-state index in [1.807, 2.05) is 0 Å². The fourth-order valence-corrected chi connectivity index (χ4v) is 2.48. The van der Waals surface area contributed by atoms with Gasteiger partial charge in [0.25, 0.3) is 5.12 Å². The van der Waals surface area contributed by atoms with E-state index in [1.165, 1.54) is 0 Å². The van der Waals surface area contributed by atoms with Gasteiger partial charge in [0.05, 0.1) is 5.69 Å². The summed E-state index contributed by atoms with van der Waals surface area (Å²) in [6.07, 6.45) is -13.8. The van der Waals surface area contributed by atoms with Gasteiger partial charge < -0.3 is 5.32 Å². The highest BCUT2D eigenvalue weighted by Gasteiger charge is 2.77. The van der Waals surface area contributed by atoms with Gasteiger partial charge in [-0.2, -0.15) is 61.5 Å². The van der Waals surface area contributed by atoms with Crippen molar-refractivity contribution in [2.45, 2.75) is 40.9 Å². The lowest BCUT2D eigenvalue weighted by Gasteiger charge is -2.28. The number of thioether (sulfide) groups is 1.